The average molecular weight is 522 g/mol. The topological polar surface area (TPSA) is 88.6 Å². The van der Waals surface area contributed by atoms with Gasteiger partial charge in [0.25, 0.3) is 5.91 Å². The van der Waals surface area contributed by atoms with Gasteiger partial charge in [-0.25, -0.2) is 4.79 Å². The van der Waals surface area contributed by atoms with Gasteiger partial charge in [0, 0.05) is 6.54 Å². The maximum absolute atomic E-state index is 13.7. The molecule has 2 saturated heterocycles. The van der Waals surface area contributed by atoms with E-state index in [0.29, 0.717) is 19.1 Å². The Morgan fingerprint density at radius 3 is 2.24 bits per heavy atom. The highest BCUT2D eigenvalue weighted by Gasteiger charge is 2.50. The summed E-state index contributed by atoms with van der Waals surface area (Å²) in [5, 5.41) is 1.12. The van der Waals surface area contributed by atoms with Crippen LogP contribution in [0.3, 0.4) is 0 Å². The lowest BCUT2D eigenvalue weighted by Crippen LogP contribution is -2.72. The van der Waals surface area contributed by atoms with Crippen molar-refractivity contribution in [3.05, 3.63) is 71.8 Å². The van der Waals surface area contributed by atoms with Crippen LogP contribution in [-0.2, 0) is 37.1 Å². The van der Waals surface area contributed by atoms with Crippen LogP contribution in [0.4, 0.5) is 4.79 Å². The summed E-state index contributed by atoms with van der Waals surface area (Å²) in [5.41, 5.74) is 1.82. The first-order valence-electron chi connectivity index (χ1n) is 13.4. The van der Waals surface area contributed by atoms with E-state index >= 15 is 0 Å². The number of piperazine rings is 1. The molecule has 202 valence electrons. The Morgan fingerprint density at radius 1 is 0.895 bits per heavy atom. The molecule has 3 aliphatic rings. The van der Waals surface area contributed by atoms with Crippen LogP contribution in [0, 0.1) is 5.92 Å². The Hall–Kier alpha value is -3.43. The fourth-order valence-electron chi connectivity index (χ4n) is 5.54. The summed E-state index contributed by atoms with van der Waals surface area (Å²) in [6.45, 7) is 0.857. The van der Waals surface area contributed by atoms with Crippen LogP contribution in [0.1, 0.15) is 43.2 Å². The highest BCUT2D eigenvalue weighted by molar-refractivity contribution is 5.90. The summed E-state index contributed by atoms with van der Waals surface area (Å²) in [6.07, 6.45) is 4.21. The Bertz CT molecular complexity index is 1090. The minimum atomic E-state index is -0.845. The van der Waals surface area contributed by atoms with E-state index in [2.05, 4.69) is 0 Å². The number of carbonyl (C=O) groups excluding carboxylic acids is 3. The highest BCUT2D eigenvalue weighted by Crippen LogP contribution is 2.30. The second-order valence-electron chi connectivity index (χ2n) is 10.2. The molecule has 9 nitrogen and oxygen atoms in total. The van der Waals surface area contributed by atoms with Crippen molar-refractivity contribution in [1.29, 1.82) is 0 Å². The molecular weight excluding hydrogens is 486 g/mol. The predicted octanol–water partition coefficient (Wildman–Crippen LogP) is 3.73. The Kier molecular flexibility index (Phi) is 8.55. The number of fused-ring (bicyclic) bond motifs is 1. The van der Waals surface area contributed by atoms with E-state index in [0.717, 1.165) is 41.9 Å². The summed E-state index contributed by atoms with van der Waals surface area (Å²) in [5.74, 6) is -0.0855. The van der Waals surface area contributed by atoms with Gasteiger partial charge >= 0.3 is 6.09 Å². The number of ether oxygens (including phenoxy) is 2. The molecule has 0 radical (unpaired) electrons. The molecule has 38 heavy (non-hydrogen) atoms. The number of nitrogens with zero attached hydrogens (tertiary/aromatic N) is 3. The minimum absolute atomic E-state index is 0.0318. The van der Waals surface area contributed by atoms with Crippen LogP contribution >= 0.6 is 0 Å². The summed E-state index contributed by atoms with van der Waals surface area (Å²) in [6, 6.07) is 18.2. The molecule has 2 atom stereocenters. The molecule has 1 aliphatic carbocycles. The van der Waals surface area contributed by atoms with Gasteiger partial charge in [-0.3, -0.25) is 14.4 Å². The number of hydrogen-bond acceptors (Lipinski definition) is 6. The second-order valence-corrected chi connectivity index (χ2v) is 10.2. The largest absolute Gasteiger partial charge is 0.443 e. The number of hydroxylamine groups is 2. The summed E-state index contributed by atoms with van der Waals surface area (Å²) in [4.78, 5) is 48.7. The summed E-state index contributed by atoms with van der Waals surface area (Å²) < 4.78 is 11.5. The van der Waals surface area contributed by atoms with E-state index in [1.165, 1.54) is 11.3 Å². The first-order valence-corrected chi connectivity index (χ1v) is 13.4. The quantitative estimate of drug-likeness (QED) is 0.526. The van der Waals surface area contributed by atoms with Crippen LogP contribution in [0.25, 0.3) is 0 Å². The number of carbonyl (C=O) groups is 3. The molecule has 2 aliphatic heterocycles. The van der Waals surface area contributed by atoms with Crippen molar-refractivity contribution in [3.8, 4) is 0 Å². The molecule has 2 unspecified atom stereocenters. The molecule has 9 heteroatoms. The molecule has 5 rings (SSSR count). The number of amides is 3. The zero-order valence-corrected chi connectivity index (χ0v) is 21.6. The first kappa shape index (κ1) is 26.2. The van der Waals surface area contributed by atoms with Crippen molar-refractivity contribution in [3.63, 3.8) is 0 Å². The molecule has 0 aromatic heterocycles. The molecule has 2 aromatic rings. The number of rotatable bonds is 8. The lowest BCUT2D eigenvalue weighted by Gasteiger charge is -2.51. The lowest BCUT2D eigenvalue weighted by molar-refractivity contribution is -0.246. The van der Waals surface area contributed by atoms with Crippen molar-refractivity contribution in [2.24, 2.45) is 5.92 Å². The van der Waals surface area contributed by atoms with Gasteiger partial charge in [0.05, 0.1) is 19.8 Å². The van der Waals surface area contributed by atoms with Crippen LogP contribution in [-0.4, -0.2) is 71.3 Å². The average Bonchev–Trinajstić information content (AvgIpc) is 2.95. The molecule has 2 aromatic carbocycles. The van der Waals surface area contributed by atoms with Crippen molar-refractivity contribution in [1.82, 2.24) is 14.9 Å². The zero-order valence-electron chi connectivity index (χ0n) is 21.6. The van der Waals surface area contributed by atoms with Crippen molar-refractivity contribution < 1.29 is 28.7 Å². The monoisotopic (exact) mass is 521 g/mol. The van der Waals surface area contributed by atoms with Gasteiger partial charge in [0.2, 0.25) is 5.91 Å². The SMILES string of the molecule is O=C1C(COCc2ccccc2)N2C(=O)CON(C(=O)OCc3ccccc3)C2CN1CC1CCCCC1. The van der Waals surface area contributed by atoms with Gasteiger partial charge in [-0.05, 0) is 29.9 Å². The first-order chi connectivity index (χ1) is 18.6. The third kappa shape index (κ3) is 6.16. The molecule has 0 spiro atoms. The Morgan fingerprint density at radius 2 is 1.55 bits per heavy atom. The molecule has 2 heterocycles. The van der Waals surface area contributed by atoms with E-state index in [1.54, 1.807) is 4.90 Å². The second kappa shape index (κ2) is 12.4. The standard InChI is InChI=1S/C29H35N3O6/c33-27-21-38-32(29(35)37-19-24-14-8-3-9-15-24)26-17-30(16-22-10-4-1-5-11-22)28(34)25(31(26)27)20-36-18-23-12-6-2-7-13-23/h2-3,6-9,12-15,22,25-26H,1,4-5,10-11,16-21H2. The smallest absolute Gasteiger partial charge is 0.436 e. The highest BCUT2D eigenvalue weighted by atomic mass is 16.7. The molecule has 0 bridgehead atoms. The molecule has 3 amide bonds. The zero-order chi connectivity index (χ0) is 26.3. The van der Waals surface area contributed by atoms with Gasteiger partial charge in [-0.1, -0.05) is 79.9 Å². The Labute approximate surface area is 223 Å². The fraction of sp³-hybridized carbons (Fsp3) is 0.483. The van der Waals surface area contributed by atoms with Crippen LogP contribution in [0.15, 0.2) is 60.7 Å². The third-order valence-electron chi connectivity index (χ3n) is 7.50. The minimum Gasteiger partial charge on any atom is -0.443 e. The molecule has 1 saturated carbocycles. The van der Waals surface area contributed by atoms with E-state index in [4.69, 9.17) is 14.3 Å². The van der Waals surface area contributed by atoms with Gasteiger partial charge < -0.3 is 19.3 Å². The Balaban J connectivity index is 1.33. The van der Waals surface area contributed by atoms with E-state index in [1.807, 2.05) is 60.7 Å². The number of benzene rings is 2. The summed E-state index contributed by atoms with van der Waals surface area (Å²) >= 11 is 0. The van der Waals surface area contributed by atoms with E-state index in [-0.39, 0.29) is 38.2 Å². The maximum atomic E-state index is 13.7. The van der Waals surface area contributed by atoms with E-state index in [9.17, 15) is 14.4 Å². The van der Waals surface area contributed by atoms with E-state index < -0.39 is 18.3 Å². The van der Waals surface area contributed by atoms with Gasteiger partial charge in [0.1, 0.15) is 12.6 Å². The summed E-state index contributed by atoms with van der Waals surface area (Å²) in [7, 11) is 0. The van der Waals surface area contributed by atoms with Crippen molar-refractivity contribution >= 4 is 17.9 Å². The van der Waals surface area contributed by atoms with Crippen LogP contribution in [0.2, 0.25) is 0 Å². The maximum Gasteiger partial charge on any atom is 0.436 e. The van der Waals surface area contributed by atoms with Gasteiger partial charge in [-0.15, -0.1) is 0 Å². The van der Waals surface area contributed by atoms with Gasteiger partial charge in [0.15, 0.2) is 12.8 Å². The third-order valence-corrected chi connectivity index (χ3v) is 7.50. The van der Waals surface area contributed by atoms with Crippen LogP contribution < -0.4 is 0 Å². The van der Waals surface area contributed by atoms with Crippen molar-refractivity contribution in [2.45, 2.75) is 57.5 Å². The van der Waals surface area contributed by atoms with Crippen LogP contribution in [0.5, 0.6) is 0 Å². The fourth-order valence-corrected chi connectivity index (χ4v) is 5.54. The lowest BCUT2D eigenvalue weighted by atomic mass is 9.88. The molecule has 0 N–H and O–H groups in total. The van der Waals surface area contributed by atoms with Gasteiger partial charge in [-0.2, -0.15) is 5.06 Å². The van der Waals surface area contributed by atoms with Crippen molar-refractivity contribution in [2.75, 3.05) is 26.3 Å². The predicted molar refractivity (Wildman–Crippen MR) is 138 cm³/mol. The normalized spacial score (nSPS) is 22.4. The molecule has 3 fully saturated rings. The number of hydrogen-bond donors (Lipinski definition) is 0. The molecular formula is C29H35N3O6.